The number of rotatable bonds is 6. The SMILES string of the molecule is COc1cc(N=Nc2ccc(Nc3ccc(C)c(OC)c3)cc2)ccc1C. The molecule has 138 valence electrons. The van der Waals surface area contributed by atoms with Crippen LogP contribution in [0, 0.1) is 13.8 Å². The lowest BCUT2D eigenvalue weighted by atomic mass is 10.2. The summed E-state index contributed by atoms with van der Waals surface area (Å²) < 4.78 is 10.7. The van der Waals surface area contributed by atoms with Crippen LogP contribution in [0.25, 0.3) is 0 Å². The summed E-state index contributed by atoms with van der Waals surface area (Å²) in [6, 6.07) is 19.6. The summed E-state index contributed by atoms with van der Waals surface area (Å²) in [6.07, 6.45) is 0. The van der Waals surface area contributed by atoms with Crippen molar-refractivity contribution in [3.05, 3.63) is 71.8 Å². The van der Waals surface area contributed by atoms with Gasteiger partial charge in [0.15, 0.2) is 0 Å². The number of nitrogens with zero attached hydrogens (tertiary/aromatic N) is 2. The normalized spacial score (nSPS) is 10.8. The van der Waals surface area contributed by atoms with Crippen molar-refractivity contribution in [2.24, 2.45) is 10.2 Å². The standard InChI is InChI=1S/C22H23N3O2/c1-15-5-7-19(13-21(15)26-3)23-17-9-11-18(12-10-17)24-25-20-8-6-16(2)22(14-20)27-4/h5-14,23H,1-4H3. The third-order valence-corrected chi connectivity index (χ3v) is 4.24. The van der Waals surface area contributed by atoms with Crippen LogP contribution in [-0.2, 0) is 0 Å². The molecule has 0 saturated heterocycles. The highest BCUT2D eigenvalue weighted by Gasteiger charge is 2.02. The van der Waals surface area contributed by atoms with Gasteiger partial charge in [0.05, 0.1) is 25.6 Å². The Bertz CT molecular complexity index is 950. The van der Waals surface area contributed by atoms with Crippen LogP contribution in [0.4, 0.5) is 22.7 Å². The quantitative estimate of drug-likeness (QED) is 0.511. The number of methoxy groups -OCH3 is 2. The van der Waals surface area contributed by atoms with E-state index in [0.29, 0.717) is 0 Å². The molecule has 3 rings (SSSR count). The number of anilines is 2. The third-order valence-electron chi connectivity index (χ3n) is 4.24. The lowest BCUT2D eigenvalue weighted by molar-refractivity contribution is 0.412. The van der Waals surface area contributed by atoms with Crippen molar-refractivity contribution in [3.8, 4) is 11.5 Å². The van der Waals surface area contributed by atoms with E-state index < -0.39 is 0 Å². The first kappa shape index (κ1) is 18.5. The van der Waals surface area contributed by atoms with Crippen molar-refractivity contribution in [1.82, 2.24) is 0 Å². The maximum atomic E-state index is 5.36. The van der Waals surface area contributed by atoms with Crippen LogP contribution in [0.2, 0.25) is 0 Å². The Kier molecular flexibility index (Phi) is 5.71. The summed E-state index contributed by atoms with van der Waals surface area (Å²) >= 11 is 0. The molecular formula is C22H23N3O2. The highest BCUT2D eigenvalue weighted by Crippen LogP contribution is 2.28. The summed E-state index contributed by atoms with van der Waals surface area (Å²) in [5.74, 6) is 1.67. The number of azo groups is 1. The number of hydrogen-bond acceptors (Lipinski definition) is 5. The molecule has 0 bridgehead atoms. The van der Waals surface area contributed by atoms with Gasteiger partial charge in [0.1, 0.15) is 11.5 Å². The van der Waals surface area contributed by atoms with Gasteiger partial charge in [0.25, 0.3) is 0 Å². The van der Waals surface area contributed by atoms with Crippen LogP contribution in [0.1, 0.15) is 11.1 Å². The first-order valence-electron chi connectivity index (χ1n) is 8.67. The highest BCUT2D eigenvalue weighted by atomic mass is 16.5. The second-order valence-corrected chi connectivity index (χ2v) is 6.21. The second kappa shape index (κ2) is 8.36. The predicted molar refractivity (Wildman–Crippen MR) is 109 cm³/mol. The lowest BCUT2D eigenvalue weighted by Gasteiger charge is -2.10. The summed E-state index contributed by atoms with van der Waals surface area (Å²) in [6.45, 7) is 4.02. The molecule has 0 heterocycles. The summed E-state index contributed by atoms with van der Waals surface area (Å²) in [4.78, 5) is 0. The van der Waals surface area contributed by atoms with Crippen LogP contribution in [-0.4, -0.2) is 14.2 Å². The molecule has 0 aliphatic heterocycles. The molecule has 1 N–H and O–H groups in total. The zero-order valence-corrected chi connectivity index (χ0v) is 16.0. The average Bonchev–Trinajstić information content (AvgIpc) is 2.70. The smallest absolute Gasteiger partial charge is 0.123 e. The van der Waals surface area contributed by atoms with E-state index in [1.165, 1.54) is 0 Å². The van der Waals surface area contributed by atoms with Crippen LogP contribution in [0.15, 0.2) is 70.9 Å². The molecule has 0 radical (unpaired) electrons. The van der Waals surface area contributed by atoms with Crippen molar-refractivity contribution < 1.29 is 9.47 Å². The first-order valence-corrected chi connectivity index (χ1v) is 8.67. The van der Waals surface area contributed by atoms with Gasteiger partial charge in [-0.05, 0) is 61.4 Å². The molecule has 5 heteroatoms. The largest absolute Gasteiger partial charge is 0.496 e. The van der Waals surface area contributed by atoms with Gasteiger partial charge in [0, 0.05) is 23.5 Å². The Labute approximate surface area is 159 Å². The Morgan fingerprint density at radius 2 is 1.15 bits per heavy atom. The van der Waals surface area contributed by atoms with Gasteiger partial charge in [-0.25, -0.2) is 0 Å². The molecule has 3 aromatic carbocycles. The molecule has 5 nitrogen and oxygen atoms in total. The fourth-order valence-electron chi connectivity index (χ4n) is 2.66. The molecule has 0 fully saturated rings. The fraction of sp³-hybridized carbons (Fsp3) is 0.182. The molecule has 0 aliphatic carbocycles. The van der Waals surface area contributed by atoms with E-state index in [-0.39, 0.29) is 0 Å². The molecule has 0 unspecified atom stereocenters. The molecule has 0 amide bonds. The molecule has 27 heavy (non-hydrogen) atoms. The van der Waals surface area contributed by atoms with Gasteiger partial charge in [-0.3, -0.25) is 0 Å². The maximum absolute atomic E-state index is 5.36. The number of hydrogen-bond donors (Lipinski definition) is 1. The zero-order chi connectivity index (χ0) is 19.2. The molecular weight excluding hydrogens is 338 g/mol. The second-order valence-electron chi connectivity index (χ2n) is 6.21. The molecule has 0 aromatic heterocycles. The minimum Gasteiger partial charge on any atom is -0.496 e. The predicted octanol–water partition coefficient (Wildman–Crippen LogP) is 6.48. The van der Waals surface area contributed by atoms with E-state index in [4.69, 9.17) is 9.47 Å². The molecule has 0 aliphatic rings. The van der Waals surface area contributed by atoms with Gasteiger partial charge < -0.3 is 14.8 Å². The Morgan fingerprint density at radius 3 is 1.81 bits per heavy atom. The summed E-state index contributed by atoms with van der Waals surface area (Å²) in [5, 5.41) is 11.9. The van der Waals surface area contributed by atoms with E-state index in [0.717, 1.165) is 45.4 Å². The van der Waals surface area contributed by atoms with E-state index in [1.54, 1.807) is 14.2 Å². The van der Waals surface area contributed by atoms with Crippen molar-refractivity contribution in [1.29, 1.82) is 0 Å². The summed E-state index contributed by atoms with van der Waals surface area (Å²) in [5.41, 5.74) is 5.65. The third kappa shape index (κ3) is 4.64. The fourth-order valence-corrected chi connectivity index (χ4v) is 2.66. The van der Waals surface area contributed by atoms with Crippen molar-refractivity contribution in [3.63, 3.8) is 0 Å². The summed E-state index contributed by atoms with van der Waals surface area (Å²) in [7, 11) is 3.33. The van der Waals surface area contributed by atoms with E-state index in [2.05, 4.69) is 15.5 Å². The lowest BCUT2D eigenvalue weighted by Crippen LogP contribution is -1.92. The molecule has 3 aromatic rings. The molecule has 0 saturated carbocycles. The maximum Gasteiger partial charge on any atom is 0.123 e. The van der Waals surface area contributed by atoms with Crippen LogP contribution in [0.5, 0.6) is 11.5 Å². The number of aryl methyl sites for hydroxylation is 2. The average molecular weight is 361 g/mol. The minimum absolute atomic E-state index is 0.756. The van der Waals surface area contributed by atoms with Gasteiger partial charge >= 0.3 is 0 Å². The van der Waals surface area contributed by atoms with Crippen LogP contribution >= 0.6 is 0 Å². The monoisotopic (exact) mass is 361 g/mol. The first-order chi connectivity index (χ1) is 13.1. The van der Waals surface area contributed by atoms with Crippen molar-refractivity contribution >= 4 is 22.7 Å². The van der Waals surface area contributed by atoms with Gasteiger partial charge in [-0.2, -0.15) is 10.2 Å². The van der Waals surface area contributed by atoms with E-state index in [9.17, 15) is 0 Å². The van der Waals surface area contributed by atoms with Gasteiger partial charge in [-0.15, -0.1) is 0 Å². The minimum atomic E-state index is 0.756. The van der Waals surface area contributed by atoms with E-state index >= 15 is 0 Å². The Hall–Kier alpha value is -3.34. The molecule has 0 atom stereocenters. The zero-order valence-electron chi connectivity index (χ0n) is 16.0. The molecule has 0 spiro atoms. The van der Waals surface area contributed by atoms with Crippen molar-refractivity contribution in [2.75, 3.05) is 19.5 Å². The van der Waals surface area contributed by atoms with Gasteiger partial charge in [-0.1, -0.05) is 12.1 Å². The Balaban J connectivity index is 1.70. The van der Waals surface area contributed by atoms with Gasteiger partial charge in [0.2, 0.25) is 0 Å². The van der Waals surface area contributed by atoms with E-state index in [1.807, 2.05) is 74.5 Å². The Morgan fingerprint density at radius 1 is 0.630 bits per heavy atom. The highest BCUT2D eigenvalue weighted by molar-refractivity contribution is 5.63. The number of ether oxygens (including phenoxy) is 2. The topological polar surface area (TPSA) is 55.2 Å². The number of benzene rings is 3. The van der Waals surface area contributed by atoms with Crippen LogP contribution < -0.4 is 14.8 Å². The number of nitrogens with one attached hydrogen (secondary N) is 1. The van der Waals surface area contributed by atoms with Crippen LogP contribution in [0.3, 0.4) is 0 Å². The van der Waals surface area contributed by atoms with Crippen molar-refractivity contribution in [2.45, 2.75) is 13.8 Å².